The minimum atomic E-state index is 0.321. The highest BCUT2D eigenvalue weighted by Crippen LogP contribution is 2.25. The fourth-order valence-electron chi connectivity index (χ4n) is 1.05. The highest BCUT2D eigenvalue weighted by molar-refractivity contribution is 7.18. The van der Waals surface area contributed by atoms with Gasteiger partial charge in [-0.3, -0.25) is 0 Å². The molecule has 0 bridgehead atoms. The Bertz CT molecular complexity index is 430. The molecule has 14 heavy (non-hydrogen) atoms. The Morgan fingerprint density at radius 1 is 1.50 bits per heavy atom. The third kappa shape index (κ3) is 1.60. The van der Waals surface area contributed by atoms with Crippen molar-refractivity contribution in [2.24, 2.45) is 0 Å². The number of rotatable bonds is 2. The number of hydrogen-bond donors (Lipinski definition) is 1. The van der Waals surface area contributed by atoms with Crippen LogP contribution in [0.2, 0.25) is 0 Å². The van der Waals surface area contributed by atoms with Gasteiger partial charge < -0.3 is 5.73 Å². The van der Waals surface area contributed by atoms with Crippen LogP contribution in [0.5, 0.6) is 0 Å². The molecule has 0 saturated carbocycles. The van der Waals surface area contributed by atoms with Crippen molar-refractivity contribution in [2.75, 3.05) is 5.73 Å². The number of nitrogens with zero attached hydrogens (tertiary/aromatic N) is 4. The summed E-state index contributed by atoms with van der Waals surface area (Å²) in [6, 6.07) is 0.321. The molecule has 6 heteroatoms. The van der Waals surface area contributed by atoms with Gasteiger partial charge in [0.2, 0.25) is 0 Å². The first-order chi connectivity index (χ1) is 6.66. The second-order valence-electron chi connectivity index (χ2n) is 3.24. The van der Waals surface area contributed by atoms with Crippen molar-refractivity contribution >= 4 is 16.5 Å². The Labute approximate surface area is 85.6 Å². The van der Waals surface area contributed by atoms with Crippen LogP contribution >= 0.6 is 11.3 Å². The molecule has 2 aromatic rings. The van der Waals surface area contributed by atoms with Gasteiger partial charge in [-0.25, -0.2) is 9.67 Å². The lowest BCUT2D eigenvalue weighted by molar-refractivity contribution is 0.514. The van der Waals surface area contributed by atoms with Crippen LogP contribution in [-0.2, 0) is 0 Å². The predicted octanol–water partition coefficient (Wildman–Crippen LogP) is 1.56. The Hall–Kier alpha value is -1.43. The molecule has 74 valence electrons. The van der Waals surface area contributed by atoms with Crippen molar-refractivity contribution in [3.8, 4) is 10.6 Å². The van der Waals surface area contributed by atoms with Crippen molar-refractivity contribution in [3.05, 3.63) is 12.4 Å². The molecule has 0 aliphatic carbocycles. The first kappa shape index (κ1) is 9.14. The van der Waals surface area contributed by atoms with Gasteiger partial charge in [-0.15, -0.1) is 5.10 Å². The lowest BCUT2D eigenvalue weighted by Gasteiger charge is -2.00. The van der Waals surface area contributed by atoms with Crippen LogP contribution in [0, 0.1) is 0 Å². The van der Waals surface area contributed by atoms with Gasteiger partial charge in [-0.05, 0) is 13.8 Å². The van der Waals surface area contributed by atoms with E-state index in [4.69, 9.17) is 5.73 Å². The maximum atomic E-state index is 5.53. The number of thiazole rings is 1. The van der Waals surface area contributed by atoms with E-state index in [1.165, 1.54) is 11.3 Å². The largest absolute Gasteiger partial charge is 0.375 e. The van der Waals surface area contributed by atoms with Gasteiger partial charge in [0.15, 0.2) is 5.13 Å². The highest BCUT2D eigenvalue weighted by atomic mass is 32.1. The number of nitrogens with two attached hydrogens (primary N) is 1. The quantitative estimate of drug-likeness (QED) is 0.815. The molecule has 0 atom stereocenters. The third-order valence-corrected chi connectivity index (χ3v) is 2.66. The summed E-state index contributed by atoms with van der Waals surface area (Å²) < 4.78 is 1.81. The fourth-order valence-corrected chi connectivity index (χ4v) is 1.68. The van der Waals surface area contributed by atoms with Gasteiger partial charge in [0.1, 0.15) is 5.69 Å². The van der Waals surface area contributed by atoms with E-state index in [0.29, 0.717) is 11.2 Å². The number of aromatic nitrogens is 4. The number of hydrogen-bond acceptors (Lipinski definition) is 5. The zero-order valence-electron chi connectivity index (χ0n) is 8.01. The van der Waals surface area contributed by atoms with Crippen LogP contribution in [0.4, 0.5) is 5.13 Å². The Balaban J connectivity index is 2.33. The maximum Gasteiger partial charge on any atom is 0.180 e. The van der Waals surface area contributed by atoms with Crippen LogP contribution in [0.1, 0.15) is 19.9 Å². The van der Waals surface area contributed by atoms with Gasteiger partial charge in [0.25, 0.3) is 0 Å². The molecule has 0 fully saturated rings. The molecule has 2 heterocycles. The lowest BCUT2D eigenvalue weighted by atomic mass is 10.4. The van der Waals surface area contributed by atoms with E-state index in [-0.39, 0.29) is 0 Å². The van der Waals surface area contributed by atoms with Crippen molar-refractivity contribution in [2.45, 2.75) is 19.9 Å². The summed E-state index contributed by atoms with van der Waals surface area (Å²) in [7, 11) is 0. The smallest absolute Gasteiger partial charge is 0.180 e. The van der Waals surface area contributed by atoms with Crippen LogP contribution in [0.3, 0.4) is 0 Å². The Morgan fingerprint density at radius 2 is 2.29 bits per heavy atom. The summed E-state index contributed by atoms with van der Waals surface area (Å²) in [4.78, 5) is 4.92. The normalized spacial score (nSPS) is 11.1. The minimum Gasteiger partial charge on any atom is -0.375 e. The zero-order chi connectivity index (χ0) is 10.1. The fraction of sp³-hybridized carbons (Fsp3) is 0.375. The van der Waals surface area contributed by atoms with Crippen LogP contribution < -0.4 is 5.73 Å². The first-order valence-electron chi connectivity index (χ1n) is 4.30. The van der Waals surface area contributed by atoms with Gasteiger partial charge in [0.05, 0.1) is 11.1 Å². The van der Waals surface area contributed by atoms with Crippen molar-refractivity contribution in [3.63, 3.8) is 0 Å². The maximum absolute atomic E-state index is 5.53. The molecule has 0 aromatic carbocycles. The molecule has 0 unspecified atom stereocenters. The van der Waals surface area contributed by atoms with Crippen LogP contribution in [-0.4, -0.2) is 20.0 Å². The molecular weight excluding hydrogens is 198 g/mol. The van der Waals surface area contributed by atoms with Gasteiger partial charge >= 0.3 is 0 Å². The third-order valence-electron chi connectivity index (χ3n) is 1.82. The van der Waals surface area contributed by atoms with E-state index < -0.39 is 0 Å². The number of nitrogen functional groups attached to an aromatic ring is 1. The lowest BCUT2D eigenvalue weighted by Crippen LogP contribution is -2.00. The van der Waals surface area contributed by atoms with Crippen molar-refractivity contribution in [1.82, 2.24) is 20.0 Å². The summed E-state index contributed by atoms with van der Waals surface area (Å²) in [6.45, 7) is 4.11. The minimum absolute atomic E-state index is 0.321. The van der Waals surface area contributed by atoms with E-state index in [1.807, 2.05) is 10.9 Å². The summed E-state index contributed by atoms with van der Waals surface area (Å²) >= 11 is 1.42. The standard InChI is InChI=1S/C8H11N5S/c1-5(2)13-4-6(11-12-13)7-3-10-8(9)14-7/h3-5H,1-2H3,(H2,9,10). The summed E-state index contributed by atoms with van der Waals surface area (Å²) in [5, 5.41) is 8.61. The van der Waals surface area contributed by atoms with Crippen LogP contribution in [0.25, 0.3) is 10.6 Å². The second kappa shape index (κ2) is 3.38. The molecule has 0 saturated heterocycles. The van der Waals surface area contributed by atoms with Gasteiger partial charge in [-0.2, -0.15) is 0 Å². The Kier molecular flexibility index (Phi) is 2.20. The molecule has 0 aliphatic heterocycles. The van der Waals surface area contributed by atoms with Crippen molar-refractivity contribution in [1.29, 1.82) is 0 Å². The van der Waals surface area contributed by atoms with E-state index in [0.717, 1.165) is 10.6 Å². The summed E-state index contributed by atoms with van der Waals surface area (Å²) in [6.07, 6.45) is 3.62. The summed E-state index contributed by atoms with van der Waals surface area (Å²) in [5.74, 6) is 0. The average Bonchev–Trinajstić information content (AvgIpc) is 2.70. The molecule has 0 radical (unpaired) electrons. The van der Waals surface area contributed by atoms with Gasteiger partial charge in [0, 0.05) is 12.2 Å². The molecule has 2 N–H and O–H groups in total. The monoisotopic (exact) mass is 209 g/mol. The average molecular weight is 209 g/mol. The summed E-state index contributed by atoms with van der Waals surface area (Å²) in [5.41, 5.74) is 6.36. The molecule has 0 aliphatic rings. The Morgan fingerprint density at radius 3 is 2.79 bits per heavy atom. The van der Waals surface area contributed by atoms with E-state index >= 15 is 0 Å². The van der Waals surface area contributed by atoms with Crippen molar-refractivity contribution < 1.29 is 0 Å². The van der Waals surface area contributed by atoms with E-state index in [1.54, 1.807) is 6.20 Å². The first-order valence-corrected chi connectivity index (χ1v) is 5.12. The number of anilines is 1. The molecule has 2 rings (SSSR count). The molecule has 5 nitrogen and oxygen atoms in total. The zero-order valence-corrected chi connectivity index (χ0v) is 8.82. The van der Waals surface area contributed by atoms with Gasteiger partial charge in [-0.1, -0.05) is 16.6 Å². The predicted molar refractivity (Wildman–Crippen MR) is 55.9 cm³/mol. The topological polar surface area (TPSA) is 69.6 Å². The van der Waals surface area contributed by atoms with Crippen LogP contribution in [0.15, 0.2) is 12.4 Å². The SMILES string of the molecule is CC(C)n1cc(-c2cnc(N)s2)nn1. The molecule has 2 aromatic heterocycles. The molecule has 0 amide bonds. The highest BCUT2D eigenvalue weighted by Gasteiger charge is 2.08. The molecule has 0 spiro atoms. The second-order valence-corrected chi connectivity index (χ2v) is 4.30. The van der Waals surface area contributed by atoms with E-state index in [9.17, 15) is 0 Å². The van der Waals surface area contributed by atoms with E-state index in [2.05, 4.69) is 29.1 Å². The molecular formula is C8H11N5S.